The predicted molar refractivity (Wildman–Crippen MR) is 97.0 cm³/mol. The summed E-state index contributed by atoms with van der Waals surface area (Å²) < 4.78 is 11.1. The molecule has 0 heterocycles. The Morgan fingerprint density at radius 1 is 1.00 bits per heavy atom. The molecular formula is C21H21NO3. The van der Waals surface area contributed by atoms with Gasteiger partial charge >= 0.3 is 0 Å². The van der Waals surface area contributed by atoms with Gasteiger partial charge in [-0.15, -0.1) is 0 Å². The third-order valence-corrected chi connectivity index (χ3v) is 5.03. The van der Waals surface area contributed by atoms with Gasteiger partial charge in [-0.05, 0) is 61.1 Å². The van der Waals surface area contributed by atoms with Gasteiger partial charge in [0.1, 0.15) is 5.75 Å². The van der Waals surface area contributed by atoms with Gasteiger partial charge < -0.3 is 14.8 Å². The van der Waals surface area contributed by atoms with E-state index in [0.29, 0.717) is 29.1 Å². The van der Waals surface area contributed by atoms with E-state index in [1.54, 1.807) is 7.11 Å². The number of hydrogen-bond donors (Lipinski definition) is 1. The molecule has 2 aliphatic rings. The average Bonchev–Trinajstić information content (AvgIpc) is 3.27. The van der Waals surface area contributed by atoms with Crippen molar-refractivity contribution >= 4 is 11.6 Å². The molecule has 0 saturated heterocycles. The molecule has 1 fully saturated rings. The van der Waals surface area contributed by atoms with Crippen molar-refractivity contribution in [3.8, 4) is 17.2 Å². The largest absolute Gasteiger partial charge is 0.493 e. The van der Waals surface area contributed by atoms with Crippen molar-refractivity contribution in [2.45, 2.75) is 12.8 Å². The molecule has 0 unspecified atom stereocenters. The molecule has 0 aliphatic heterocycles. The maximum absolute atomic E-state index is 12.5. The Balaban J connectivity index is 1.40. The fraction of sp³-hybridized carbons (Fsp3) is 0.286. The topological polar surface area (TPSA) is 47.6 Å². The fourth-order valence-corrected chi connectivity index (χ4v) is 3.75. The molecule has 2 aromatic rings. The number of allylic oxidation sites excluding steroid dienone is 2. The summed E-state index contributed by atoms with van der Waals surface area (Å²) in [6.07, 6.45) is 6.55. The van der Waals surface area contributed by atoms with E-state index in [-0.39, 0.29) is 11.8 Å². The van der Waals surface area contributed by atoms with Crippen LogP contribution in [0.4, 0.5) is 5.69 Å². The molecule has 3 atom stereocenters. The van der Waals surface area contributed by atoms with E-state index >= 15 is 0 Å². The SMILES string of the molecule is COc1ccccc1Oc1ccc(NC(=O)[C@H]2C[C@H]3C=C[C@H]2C3)cc1. The summed E-state index contributed by atoms with van der Waals surface area (Å²) >= 11 is 0. The number of carbonyl (C=O) groups is 1. The Hall–Kier alpha value is -2.75. The minimum Gasteiger partial charge on any atom is -0.493 e. The van der Waals surface area contributed by atoms with E-state index in [2.05, 4.69) is 17.5 Å². The van der Waals surface area contributed by atoms with Crippen LogP contribution in [0.15, 0.2) is 60.7 Å². The quantitative estimate of drug-likeness (QED) is 0.810. The summed E-state index contributed by atoms with van der Waals surface area (Å²) in [5.41, 5.74) is 0.795. The summed E-state index contributed by atoms with van der Waals surface area (Å²) in [5, 5.41) is 3.03. The van der Waals surface area contributed by atoms with E-state index in [1.165, 1.54) is 0 Å². The normalized spacial score (nSPS) is 23.5. The Kier molecular flexibility index (Phi) is 4.18. The number of benzene rings is 2. The van der Waals surface area contributed by atoms with E-state index < -0.39 is 0 Å². The van der Waals surface area contributed by atoms with Gasteiger partial charge in [-0.25, -0.2) is 0 Å². The number of carbonyl (C=O) groups excluding carboxylic acids is 1. The predicted octanol–water partition coefficient (Wildman–Crippen LogP) is 4.64. The van der Waals surface area contributed by atoms with Gasteiger partial charge in [-0.1, -0.05) is 24.3 Å². The highest BCUT2D eigenvalue weighted by atomic mass is 16.5. The van der Waals surface area contributed by atoms with Crippen LogP contribution in [0.1, 0.15) is 12.8 Å². The van der Waals surface area contributed by atoms with E-state index in [0.717, 1.165) is 18.5 Å². The second-order valence-corrected chi connectivity index (χ2v) is 6.65. The zero-order chi connectivity index (χ0) is 17.2. The van der Waals surface area contributed by atoms with Crippen LogP contribution in [0.3, 0.4) is 0 Å². The van der Waals surface area contributed by atoms with E-state index in [1.807, 2.05) is 48.5 Å². The highest BCUT2D eigenvalue weighted by Crippen LogP contribution is 2.43. The van der Waals surface area contributed by atoms with Gasteiger partial charge in [0.25, 0.3) is 0 Å². The molecule has 128 valence electrons. The monoisotopic (exact) mass is 335 g/mol. The summed E-state index contributed by atoms with van der Waals surface area (Å²) in [6.45, 7) is 0. The number of nitrogens with one attached hydrogen (secondary N) is 1. The number of rotatable bonds is 5. The van der Waals surface area contributed by atoms with Crippen LogP contribution >= 0.6 is 0 Å². The number of para-hydroxylation sites is 2. The minimum atomic E-state index is 0.111. The van der Waals surface area contributed by atoms with Gasteiger partial charge in [0.15, 0.2) is 11.5 Å². The Morgan fingerprint density at radius 3 is 2.40 bits per heavy atom. The minimum absolute atomic E-state index is 0.111. The highest BCUT2D eigenvalue weighted by molar-refractivity contribution is 5.93. The lowest BCUT2D eigenvalue weighted by Crippen LogP contribution is -2.25. The maximum Gasteiger partial charge on any atom is 0.228 e. The van der Waals surface area contributed by atoms with Crippen LogP contribution in [0.25, 0.3) is 0 Å². The molecule has 4 rings (SSSR count). The number of amides is 1. The first-order valence-electron chi connectivity index (χ1n) is 8.63. The van der Waals surface area contributed by atoms with Crippen LogP contribution in [0, 0.1) is 17.8 Å². The Bertz CT molecular complexity index is 797. The first-order chi connectivity index (χ1) is 12.2. The van der Waals surface area contributed by atoms with Crippen molar-refractivity contribution < 1.29 is 14.3 Å². The van der Waals surface area contributed by atoms with E-state index in [4.69, 9.17) is 9.47 Å². The number of ether oxygens (including phenoxy) is 2. The van der Waals surface area contributed by atoms with Crippen LogP contribution in [-0.4, -0.2) is 13.0 Å². The van der Waals surface area contributed by atoms with Crippen molar-refractivity contribution in [3.63, 3.8) is 0 Å². The molecule has 25 heavy (non-hydrogen) atoms. The van der Waals surface area contributed by atoms with Crippen molar-refractivity contribution in [1.82, 2.24) is 0 Å². The molecular weight excluding hydrogens is 314 g/mol. The van der Waals surface area contributed by atoms with Crippen molar-refractivity contribution in [2.75, 3.05) is 12.4 Å². The van der Waals surface area contributed by atoms with Crippen molar-refractivity contribution in [2.24, 2.45) is 17.8 Å². The molecule has 2 aliphatic carbocycles. The molecule has 1 N–H and O–H groups in total. The van der Waals surface area contributed by atoms with Gasteiger partial charge in [-0.3, -0.25) is 4.79 Å². The smallest absolute Gasteiger partial charge is 0.228 e. The lowest BCUT2D eigenvalue weighted by Gasteiger charge is -2.17. The maximum atomic E-state index is 12.5. The van der Waals surface area contributed by atoms with Crippen molar-refractivity contribution in [1.29, 1.82) is 0 Å². The van der Waals surface area contributed by atoms with Crippen molar-refractivity contribution in [3.05, 3.63) is 60.7 Å². The summed E-state index contributed by atoms with van der Waals surface area (Å²) in [5.74, 6) is 3.29. The van der Waals surface area contributed by atoms with Gasteiger partial charge in [0.2, 0.25) is 5.91 Å². The molecule has 2 bridgehead atoms. The molecule has 1 amide bonds. The number of methoxy groups -OCH3 is 1. The molecule has 0 aromatic heterocycles. The lowest BCUT2D eigenvalue weighted by molar-refractivity contribution is -0.120. The highest BCUT2D eigenvalue weighted by Gasteiger charge is 2.39. The molecule has 4 nitrogen and oxygen atoms in total. The summed E-state index contributed by atoms with van der Waals surface area (Å²) in [7, 11) is 1.62. The van der Waals surface area contributed by atoms with Crippen LogP contribution in [-0.2, 0) is 4.79 Å². The van der Waals surface area contributed by atoms with Crippen LogP contribution in [0.2, 0.25) is 0 Å². The number of hydrogen-bond acceptors (Lipinski definition) is 3. The molecule has 1 saturated carbocycles. The molecule has 0 radical (unpaired) electrons. The van der Waals surface area contributed by atoms with Gasteiger partial charge in [0.05, 0.1) is 7.11 Å². The number of fused-ring (bicyclic) bond motifs is 2. The second kappa shape index (κ2) is 6.63. The third kappa shape index (κ3) is 3.25. The zero-order valence-corrected chi connectivity index (χ0v) is 14.1. The summed E-state index contributed by atoms with van der Waals surface area (Å²) in [4.78, 5) is 12.5. The third-order valence-electron chi connectivity index (χ3n) is 5.03. The summed E-state index contributed by atoms with van der Waals surface area (Å²) in [6, 6.07) is 14.9. The fourth-order valence-electron chi connectivity index (χ4n) is 3.75. The standard InChI is InChI=1S/C21H21NO3/c1-24-19-4-2-3-5-20(19)25-17-10-8-16(9-11-17)22-21(23)18-13-14-6-7-15(18)12-14/h2-11,14-15,18H,12-13H2,1H3,(H,22,23)/t14-,15-,18-/m0/s1. The Morgan fingerprint density at radius 2 is 1.76 bits per heavy atom. The zero-order valence-electron chi connectivity index (χ0n) is 14.1. The second-order valence-electron chi connectivity index (χ2n) is 6.65. The average molecular weight is 335 g/mol. The van der Waals surface area contributed by atoms with E-state index in [9.17, 15) is 4.79 Å². The number of anilines is 1. The molecule has 4 heteroatoms. The van der Waals surface area contributed by atoms with Crippen LogP contribution < -0.4 is 14.8 Å². The van der Waals surface area contributed by atoms with Gasteiger partial charge in [-0.2, -0.15) is 0 Å². The van der Waals surface area contributed by atoms with Gasteiger partial charge in [0, 0.05) is 11.6 Å². The first-order valence-corrected chi connectivity index (χ1v) is 8.63. The molecule has 0 spiro atoms. The Labute approximate surface area is 147 Å². The van der Waals surface area contributed by atoms with Crippen LogP contribution in [0.5, 0.6) is 17.2 Å². The molecule has 2 aromatic carbocycles. The first kappa shape index (κ1) is 15.8. The lowest BCUT2D eigenvalue weighted by atomic mass is 9.93.